The Labute approximate surface area is 111 Å². The second-order valence-corrected chi connectivity index (χ2v) is 5.36. The number of rotatable bonds is 4. The summed E-state index contributed by atoms with van der Waals surface area (Å²) < 4.78 is 5.70. The summed E-state index contributed by atoms with van der Waals surface area (Å²) in [5.41, 5.74) is 1.17. The van der Waals surface area contributed by atoms with E-state index in [2.05, 4.69) is 15.7 Å². The molecule has 4 heteroatoms. The molecule has 0 saturated carbocycles. The average Bonchev–Trinajstić information content (AvgIpc) is 3.08. The van der Waals surface area contributed by atoms with Gasteiger partial charge >= 0.3 is 0 Å². The topological polar surface area (TPSA) is 34.1 Å². The molecule has 1 aliphatic heterocycles. The maximum Gasteiger partial charge on any atom is 0.140 e. The minimum absolute atomic E-state index is 0.451. The molecule has 2 aromatic rings. The van der Waals surface area contributed by atoms with Crippen molar-refractivity contribution in [2.75, 3.05) is 6.54 Å². The van der Waals surface area contributed by atoms with Crippen LogP contribution in [0.2, 0.25) is 0 Å². The monoisotopic (exact) mass is 260 g/mol. The zero-order valence-corrected chi connectivity index (χ0v) is 11.0. The van der Waals surface area contributed by atoms with Crippen molar-refractivity contribution < 1.29 is 4.74 Å². The molecule has 1 aliphatic rings. The van der Waals surface area contributed by atoms with Gasteiger partial charge in [0, 0.05) is 5.38 Å². The maximum atomic E-state index is 5.70. The molecule has 0 radical (unpaired) electrons. The number of hydrogen-bond donors (Lipinski definition) is 1. The van der Waals surface area contributed by atoms with Gasteiger partial charge in [-0.15, -0.1) is 11.3 Å². The van der Waals surface area contributed by atoms with Gasteiger partial charge in [0.15, 0.2) is 0 Å². The predicted molar refractivity (Wildman–Crippen MR) is 72.9 cm³/mol. The van der Waals surface area contributed by atoms with Crippen molar-refractivity contribution in [2.24, 2.45) is 0 Å². The molecule has 0 unspecified atom stereocenters. The highest BCUT2D eigenvalue weighted by atomic mass is 32.1. The normalized spacial score (nSPS) is 19.0. The number of nitrogens with zero attached hydrogens (tertiary/aromatic N) is 1. The number of ether oxygens (including phenoxy) is 1. The van der Waals surface area contributed by atoms with E-state index in [1.807, 2.05) is 30.3 Å². The second kappa shape index (κ2) is 5.50. The molecular weight excluding hydrogens is 244 g/mol. The number of para-hydroxylation sites is 1. The quantitative estimate of drug-likeness (QED) is 0.917. The highest BCUT2D eigenvalue weighted by molar-refractivity contribution is 7.09. The number of hydrogen-bond acceptors (Lipinski definition) is 4. The Morgan fingerprint density at radius 3 is 3.00 bits per heavy atom. The van der Waals surface area contributed by atoms with Gasteiger partial charge < -0.3 is 10.1 Å². The summed E-state index contributed by atoms with van der Waals surface area (Å²) in [5, 5.41) is 6.65. The molecule has 0 spiro atoms. The lowest BCUT2D eigenvalue weighted by atomic mass is 10.2. The molecule has 3 nitrogen and oxygen atoms in total. The van der Waals surface area contributed by atoms with Crippen molar-refractivity contribution in [2.45, 2.75) is 25.5 Å². The van der Waals surface area contributed by atoms with Crippen LogP contribution in [0.3, 0.4) is 0 Å². The highest BCUT2D eigenvalue weighted by Gasteiger charge is 2.18. The van der Waals surface area contributed by atoms with Gasteiger partial charge in [-0.05, 0) is 31.5 Å². The molecule has 2 heterocycles. The number of aromatic nitrogens is 1. The van der Waals surface area contributed by atoms with Gasteiger partial charge in [-0.2, -0.15) is 0 Å². The van der Waals surface area contributed by atoms with E-state index < -0.39 is 0 Å². The Bertz CT molecular complexity index is 492. The minimum atomic E-state index is 0.451. The van der Waals surface area contributed by atoms with Crippen LogP contribution in [0.1, 0.15) is 29.6 Å². The zero-order valence-electron chi connectivity index (χ0n) is 10.1. The van der Waals surface area contributed by atoms with E-state index >= 15 is 0 Å². The Kier molecular flexibility index (Phi) is 3.57. The predicted octanol–water partition coefficient (Wildman–Crippen LogP) is 3.15. The Morgan fingerprint density at radius 2 is 2.22 bits per heavy atom. The van der Waals surface area contributed by atoms with E-state index in [0.717, 1.165) is 17.3 Å². The first kappa shape index (κ1) is 11.7. The third-order valence-electron chi connectivity index (χ3n) is 3.09. The molecule has 1 atom stereocenters. The van der Waals surface area contributed by atoms with Gasteiger partial charge in [0.2, 0.25) is 0 Å². The van der Waals surface area contributed by atoms with Gasteiger partial charge in [-0.25, -0.2) is 4.98 Å². The molecule has 1 N–H and O–H groups in total. The fraction of sp³-hybridized carbons (Fsp3) is 0.357. The lowest BCUT2D eigenvalue weighted by Gasteiger charge is -2.05. The van der Waals surface area contributed by atoms with Gasteiger partial charge in [0.05, 0.1) is 11.7 Å². The van der Waals surface area contributed by atoms with E-state index in [1.165, 1.54) is 18.5 Å². The zero-order chi connectivity index (χ0) is 12.2. The van der Waals surface area contributed by atoms with E-state index in [0.29, 0.717) is 12.6 Å². The molecule has 1 aromatic heterocycles. The van der Waals surface area contributed by atoms with Crippen molar-refractivity contribution in [1.82, 2.24) is 10.3 Å². The van der Waals surface area contributed by atoms with Crippen LogP contribution in [0.5, 0.6) is 5.75 Å². The number of benzene rings is 1. The van der Waals surface area contributed by atoms with E-state index in [9.17, 15) is 0 Å². The standard InChI is InChI=1S/C14H16N2OS/c1-2-5-11(6-3-1)17-9-14-16-13(10-18-14)12-7-4-8-15-12/h1-3,5-6,10,12,15H,4,7-9H2/t12-/m0/s1. The largest absolute Gasteiger partial charge is 0.486 e. The summed E-state index contributed by atoms with van der Waals surface area (Å²) in [4.78, 5) is 4.64. The summed E-state index contributed by atoms with van der Waals surface area (Å²) in [7, 11) is 0. The van der Waals surface area contributed by atoms with Crippen LogP contribution < -0.4 is 10.1 Å². The Morgan fingerprint density at radius 1 is 1.33 bits per heavy atom. The van der Waals surface area contributed by atoms with Crippen LogP contribution in [0, 0.1) is 0 Å². The van der Waals surface area contributed by atoms with Crippen molar-refractivity contribution in [1.29, 1.82) is 0 Å². The fourth-order valence-corrected chi connectivity index (χ4v) is 2.91. The Hall–Kier alpha value is -1.39. The summed E-state index contributed by atoms with van der Waals surface area (Å²) in [6, 6.07) is 10.3. The molecular formula is C14H16N2OS. The highest BCUT2D eigenvalue weighted by Crippen LogP contribution is 2.24. The summed E-state index contributed by atoms with van der Waals surface area (Å²) in [5.74, 6) is 0.897. The van der Waals surface area contributed by atoms with Crippen LogP contribution in [-0.2, 0) is 6.61 Å². The third-order valence-corrected chi connectivity index (χ3v) is 3.93. The number of thiazole rings is 1. The smallest absolute Gasteiger partial charge is 0.140 e. The molecule has 0 amide bonds. The van der Waals surface area contributed by atoms with Crippen LogP contribution >= 0.6 is 11.3 Å². The fourth-order valence-electron chi connectivity index (χ4n) is 2.15. The molecule has 3 rings (SSSR count). The molecule has 1 aromatic carbocycles. The lowest BCUT2D eigenvalue weighted by molar-refractivity contribution is 0.305. The van der Waals surface area contributed by atoms with Gasteiger partial charge in [0.25, 0.3) is 0 Å². The molecule has 18 heavy (non-hydrogen) atoms. The van der Waals surface area contributed by atoms with Crippen molar-refractivity contribution in [3.05, 3.63) is 46.4 Å². The molecule has 1 fully saturated rings. The SMILES string of the molecule is c1ccc(OCc2nc([C@@H]3CCCN3)cs2)cc1. The summed E-state index contributed by atoms with van der Waals surface area (Å²) >= 11 is 1.68. The van der Waals surface area contributed by atoms with Crippen LogP contribution in [0.25, 0.3) is 0 Å². The third kappa shape index (κ3) is 2.71. The summed E-state index contributed by atoms with van der Waals surface area (Å²) in [6.45, 7) is 1.67. The molecule has 0 aliphatic carbocycles. The van der Waals surface area contributed by atoms with E-state index in [4.69, 9.17) is 4.74 Å². The van der Waals surface area contributed by atoms with Crippen molar-refractivity contribution in [3.8, 4) is 5.75 Å². The number of nitrogens with one attached hydrogen (secondary N) is 1. The minimum Gasteiger partial charge on any atom is -0.486 e. The first-order valence-electron chi connectivity index (χ1n) is 6.27. The maximum absolute atomic E-state index is 5.70. The van der Waals surface area contributed by atoms with Crippen LogP contribution in [0.4, 0.5) is 0 Å². The molecule has 94 valence electrons. The molecule has 0 bridgehead atoms. The van der Waals surface area contributed by atoms with Crippen molar-refractivity contribution in [3.63, 3.8) is 0 Å². The van der Waals surface area contributed by atoms with Gasteiger partial charge in [-0.1, -0.05) is 18.2 Å². The second-order valence-electron chi connectivity index (χ2n) is 4.42. The van der Waals surface area contributed by atoms with E-state index in [1.54, 1.807) is 11.3 Å². The van der Waals surface area contributed by atoms with Crippen LogP contribution in [-0.4, -0.2) is 11.5 Å². The van der Waals surface area contributed by atoms with E-state index in [-0.39, 0.29) is 0 Å². The van der Waals surface area contributed by atoms with Gasteiger partial charge in [0.1, 0.15) is 17.4 Å². The average molecular weight is 260 g/mol. The lowest BCUT2D eigenvalue weighted by Crippen LogP contribution is -2.13. The van der Waals surface area contributed by atoms with Crippen molar-refractivity contribution >= 4 is 11.3 Å². The Balaban J connectivity index is 1.60. The summed E-state index contributed by atoms with van der Waals surface area (Å²) in [6.07, 6.45) is 2.45. The van der Waals surface area contributed by atoms with Gasteiger partial charge in [-0.3, -0.25) is 0 Å². The molecule has 1 saturated heterocycles. The first-order valence-corrected chi connectivity index (χ1v) is 7.15. The first-order chi connectivity index (χ1) is 8.92. The van der Waals surface area contributed by atoms with Crippen LogP contribution in [0.15, 0.2) is 35.7 Å².